The molecule has 4 nitrogen and oxygen atoms in total. The van der Waals surface area contributed by atoms with Crippen LogP contribution < -0.4 is 0 Å². The molecule has 112 valence electrons. The molecule has 1 aliphatic heterocycles. The molecule has 1 N–H and O–H groups in total. The number of fused-ring (bicyclic) bond motifs is 1. The molecule has 0 bridgehead atoms. The first kappa shape index (κ1) is 13.5. The van der Waals surface area contributed by atoms with Crippen LogP contribution in [0.15, 0.2) is 36.5 Å². The summed E-state index contributed by atoms with van der Waals surface area (Å²) in [5, 5.41) is 1.15. The van der Waals surface area contributed by atoms with Crippen LogP contribution >= 0.6 is 11.3 Å². The summed E-state index contributed by atoms with van der Waals surface area (Å²) in [6.07, 6.45) is 2.83. The monoisotopic (exact) mass is 311 g/mol. The third-order valence-electron chi connectivity index (χ3n) is 4.22. The lowest BCUT2D eigenvalue weighted by atomic mass is 10.1. The number of H-pyrrole nitrogens is 1. The molecule has 1 amide bonds. The summed E-state index contributed by atoms with van der Waals surface area (Å²) in [6.45, 7) is 3.56. The number of amides is 1. The Hall–Kier alpha value is -2.14. The van der Waals surface area contributed by atoms with Gasteiger partial charge in [-0.25, -0.2) is 4.98 Å². The summed E-state index contributed by atoms with van der Waals surface area (Å²) in [6, 6.07) is 10.1. The van der Waals surface area contributed by atoms with E-state index in [1.807, 2.05) is 36.2 Å². The fourth-order valence-electron chi connectivity index (χ4n) is 3.05. The van der Waals surface area contributed by atoms with Gasteiger partial charge in [-0.05, 0) is 30.9 Å². The molecule has 1 saturated heterocycles. The van der Waals surface area contributed by atoms with Crippen molar-refractivity contribution in [3.05, 3.63) is 52.9 Å². The number of carbonyl (C=O) groups is 1. The van der Waals surface area contributed by atoms with Gasteiger partial charge in [0.15, 0.2) is 0 Å². The van der Waals surface area contributed by atoms with E-state index in [0.29, 0.717) is 5.92 Å². The summed E-state index contributed by atoms with van der Waals surface area (Å²) in [4.78, 5) is 23.2. The lowest BCUT2D eigenvalue weighted by molar-refractivity contribution is 0.0795. The van der Waals surface area contributed by atoms with Crippen LogP contribution in [0.5, 0.6) is 0 Å². The fraction of sp³-hybridized carbons (Fsp3) is 0.294. The van der Waals surface area contributed by atoms with Crippen LogP contribution in [0, 0.1) is 6.92 Å². The molecule has 5 heteroatoms. The Morgan fingerprint density at radius 2 is 2.27 bits per heavy atom. The van der Waals surface area contributed by atoms with Gasteiger partial charge >= 0.3 is 0 Å². The molecule has 1 aromatic carbocycles. The number of benzene rings is 1. The Labute approximate surface area is 132 Å². The highest BCUT2D eigenvalue weighted by Gasteiger charge is 2.30. The van der Waals surface area contributed by atoms with E-state index in [9.17, 15) is 4.79 Å². The molecule has 0 spiro atoms. The molecule has 0 radical (unpaired) electrons. The summed E-state index contributed by atoms with van der Waals surface area (Å²) in [7, 11) is 0. The summed E-state index contributed by atoms with van der Waals surface area (Å²) < 4.78 is 1.17. The van der Waals surface area contributed by atoms with E-state index in [0.717, 1.165) is 41.3 Å². The molecule has 22 heavy (non-hydrogen) atoms. The van der Waals surface area contributed by atoms with Gasteiger partial charge in [-0.1, -0.05) is 18.2 Å². The minimum absolute atomic E-state index is 0.145. The normalized spacial score (nSPS) is 18.2. The summed E-state index contributed by atoms with van der Waals surface area (Å²) in [5.74, 6) is 1.48. The third-order valence-corrected chi connectivity index (χ3v) is 5.33. The molecule has 3 aromatic rings. The lowest BCUT2D eigenvalue weighted by Crippen LogP contribution is -2.27. The molecular formula is C17H17N3OS. The maximum atomic E-state index is 12.7. The molecule has 1 fully saturated rings. The smallest absolute Gasteiger partial charge is 0.263 e. The van der Waals surface area contributed by atoms with Crippen molar-refractivity contribution in [1.82, 2.24) is 14.9 Å². The summed E-state index contributed by atoms with van der Waals surface area (Å²) in [5.41, 5.74) is 1.07. The second kappa shape index (κ2) is 5.25. The second-order valence-electron chi connectivity index (χ2n) is 5.84. The van der Waals surface area contributed by atoms with Gasteiger partial charge in [-0.3, -0.25) is 4.79 Å². The van der Waals surface area contributed by atoms with E-state index < -0.39 is 0 Å². The highest BCUT2D eigenvalue weighted by molar-refractivity contribution is 7.20. The first-order valence-corrected chi connectivity index (χ1v) is 8.32. The Morgan fingerprint density at radius 1 is 1.41 bits per heavy atom. The van der Waals surface area contributed by atoms with Crippen LogP contribution in [0.4, 0.5) is 0 Å². The first-order valence-electron chi connectivity index (χ1n) is 7.50. The first-order chi connectivity index (χ1) is 10.7. The van der Waals surface area contributed by atoms with Crippen LogP contribution in [-0.4, -0.2) is 33.9 Å². The van der Waals surface area contributed by atoms with Crippen molar-refractivity contribution in [1.29, 1.82) is 0 Å². The van der Waals surface area contributed by atoms with E-state index in [1.165, 1.54) is 4.70 Å². The Balaban J connectivity index is 1.53. The van der Waals surface area contributed by atoms with Crippen LogP contribution in [-0.2, 0) is 0 Å². The zero-order valence-corrected chi connectivity index (χ0v) is 13.2. The van der Waals surface area contributed by atoms with Crippen LogP contribution in [0.2, 0.25) is 0 Å². The summed E-state index contributed by atoms with van der Waals surface area (Å²) >= 11 is 1.58. The average molecular weight is 311 g/mol. The number of rotatable bonds is 2. The number of hydrogen-bond donors (Lipinski definition) is 1. The number of carbonyl (C=O) groups excluding carboxylic acids is 1. The van der Waals surface area contributed by atoms with Gasteiger partial charge in [0.1, 0.15) is 5.82 Å². The van der Waals surface area contributed by atoms with Crippen molar-refractivity contribution in [3.8, 4) is 0 Å². The Morgan fingerprint density at radius 3 is 3.05 bits per heavy atom. The van der Waals surface area contributed by atoms with Crippen molar-refractivity contribution in [2.75, 3.05) is 13.1 Å². The third kappa shape index (κ3) is 2.31. The zero-order valence-electron chi connectivity index (χ0n) is 12.4. The lowest BCUT2D eigenvalue weighted by Gasteiger charge is -2.14. The number of nitrogens with one attached hydrogen (secondary N) is 1. The molecule has 4 rings (SSSR count). The minimum Gasteiger partial charge on any atom is -0.346 e. The maximum Gasteiger partial charge on any atom is 0.263 e. The topological polar surface area (TPSA) is 49.0 Å². The largest absolute Gasteiger partial charge is 0.346 e. The van der Waals surface area contributed by atoms with E-state index >= 15 is 0 Å². The van der Waals surface area contributed by atoms with Gasteiger partial charge in [-0.15, -0.1) is 11.3 Å². The average Bonchev–Trinajstić information content (AvgIpc) is 3.24. The van der Waals surface area contributed by atoms with E-state index in [1.54, 1.807) is 11.3 Å². The number of nitrogens with zero attached hydrogens (tertiary/aromatic N) is 2. The molecule has 0 unspecified atom stereocenters. The number of likely N-dealkylation sites (tertiary alicyclic amines) is 1. The van der Waals surface area contributed by atoms with Gasteiger partial charge < -0.3 is 9.88 Å². The maximum absolute atomic E-state index is 12.7. The molecular weight excluding hydrogens is 294 g/mol. The quantitative estimate of drug-likeness (QED) is 0.786. The molecule has 1 atom stereocenters. The van der Waals surface area contributed by atoms with Crippen molar-refractivity contribution in [2.24, 2.45) is 0 Å². The molecule has 0 aliphatic carbocycles. The van der Waals surface area contributed by atoms with Crippen molar-refractivity contribution >= 4 is 27.3 Å². The number of imidazole rings is 1. The predicted molar refractivity (Wildman–Crippen MR) is 88.4 cm³/mol. The predicted octanol–water partition coefficient (Wildman–Crippen LogP) is 3.56. The molecule has 2 aromatic heterocycles. The molecule has 3 heterocycles. The van der Waals surface area contributed by atoms with Gasteiger partial charge in [-0.2, -0.15) is 0 Å². The highest BCUT2D eigenvalue weighted by Crippen LogP contribution is 2.30. The second-order valence-corrected chi connectivity index (χ2v) is 6.92. The number of thiophene rings is 1. The van der Waals surface area contributed by atoms with Crippen LogP contribution in [0.25, 0.3) is 10.1 Å². The number of hydrogen-bond acceptors (Lipinski definition) is 3. The SMILES string of the molecule is Cc1cnc([C@@H]2CCN(C(=O)c3cc4ccccc4s3)C2)[nH]1. The van der Waals surface area contributed by atoms with E-state index in [2.05, 4.69) is 22.1 Å². The highest BCUT2D eigenvalue weighted by atomic mass is 32.1. The van der Waals surface area contributed by atoms with Gasteiger partial charge in [0, 0.05) is 35.6 Å². The number of aromatic nitrogens is 2. The Bertz CT molecular complexity index is 802. The Kier molecular flexibility index (Phi) is 3.22. The van der Waals surface area contributed by atoms with Gasteiger partial charge in [0.25, 0.3) is 5.91 Å². The van der Waals surface area contributed by atoms with Crippen LogP contribution in [0.3, 0.4) is 0 Å². The van der Waals surface area contributed by atoms with E-state index in [4.69, 9.17) is 0 Å². The molecule has 1 aliphatic rings. The fourth-order valence-corrected chi connectivity index (χ4v) is 4.08. The van der Waals surface area contributed by atoms with Gasteiger partial charge in [0.2, 0.25) is 0 Å². The van der Waals surface area contributed by atoms with Crippen molar-refractivity contribution in [2.45, 2.75) is 19.3 Å². The minimum atomic E-state index is 0.145. The van der Waals surface area contributed by atoms with Gasteiger partial charge in [0.05, 0.1) is 4.88 Å². The van der Waals surface area contributed by atoms with Crippen LogP contribution in [0.1, 0.15) is 33.5 Å². The van der Waals surface area contributed by atoms with Crippen molar-refractivity contribution in [3.63, 3.8) is 0 Å². The standard InChI is InChI=1S/C17H17N3OS/c1-11-9-18-16(19-11)13-6-7-20(10-13)17(21)15-8-12-4-2-3-5-14(12)22-15/h2-5,8-9,13H,6-7,10H2,1H3,(H,18,19)/t13-/m1/s1. The number of aromatic amines is 1. The molecule has 0 saturated carbocycles. The van der Waals surface area contributed by atoms with Crippen molar-refractivity contribution < 1.29 is 4.79 Å². The zero-order chi connectivity index (χ0) is 15.1. The van der Waals surface area contributed by atoms with E-state index in [-0.39, 0.29) is 5.91 Å². The number of aryl methyl sites for hydroxylation is 1.